The quantitative estimate of drug-likeness (QED) is 0.664. The molecule has 2 unspecified atom stereocenters. The van der Waals surface area contributed by atoms with Crippen molar-refractivity contribution in [2.24, 2.45) is 0 Å². The van der Waals surface area contributed by atoms with Crippen LogP contribution in [0.25, 0.3) is 0 Å². The number of hydrogen-bond donors (Lipinski definition) is 3. The van der Waals surface area contributed by atoms with E-state index in [2.05, 4.69) is 5.32 Å². The average Bonchev–Trinajstić information content (AvgIpc) is 2.26. The molecule has 0 aliphatic carbocycles. The molecule has 0 aliphatic rings. The topological polar surface area (TPSA) is 69.6 Å². The second kappa shape index (κ2) is 5.48. The van der Waals surface area contributed by atoms with Crippen molar-refractivity contribution < 1.29 is 15.0 Å². The smallest absolute Gasteiger partial charge is 0.334 e. The van der Waals surface area contributed by atoms with Gasteiger partial charge in [-0.25, -0.2) is 4.79 Å². The van der Waals surface area contributed by atoms with Gasteiger partial charge in [-0.05, 0) is 12.5 Å². The highest BCUT2D eigenvalue weighted by molar-refractivity contribution is 5.72. The van der Waals surface area contributed by atoms with Gasteiger partial charge in [-0.15, -0.1) is 0 Å². The molecule has 2 atom stereocenters. The van der Waals surface area contributed by atoms with Crippen molar-refractivity contribution in [1.29, 1.82) is 0 Å². The summed E-state index contributed by atoms with van der Waals surface area (Å²) in [5.41, 5.74) is 1.06. The third kappa shape index (κ3) is 3.69. The molecule has 0 bridgehead atoms. The van der Waals surface area contributed by atoms with Crippen LogP contribution in [0.15, 0.2) is 30.3 Å². The molecule has 4 nitrogen and oxygen atoms in total. The summed E-state index contributed by atoms with van der Waals surface area (Å²) in [5.74, 6) is -1.21. The molecule has 4 heteroatoms. The van der Waals surface area contributed by atoms with Crippen LogP contribution in [-0.2, 0) is 11.3 Å². The Labute approximate surface area is 88.6 Å². The summed E-state index contributed by atoms with van der Waals surface area (Å²) < 4.78 is 0. The largest absolute Gasteiger partial charge is 0.479 e. The third-order valence-corrected chi connectivity index (χ3v) is 2.20. The lowest BCUT2D eigenvalue weighted by molar-refractivity contribution is -0.147. The Bertz CT molecular complexity index is 313. The Kier molecular flexibility index (Phi) is 4.27. The van der Waals surface area contributed by atoms with Gasteiger partial charge < -0.3 is 15.5 Å². The lowest BCUT2D eigenvalue weighted by Crippen LogP contribution is -2.41. The maximum Gasteiger partial charge on any atom is 0.334 e. The number of aliphatic carboxylic acids is 1. The van der Waals surface area contributed by atoms with Crippen LogP contribution >= 0.6 is 0 Å². The van der Waals surface area contributed by atoms with E-state index in [0.29, 0.717) is 6.54 Å². The molecule has 1 aromatic rings. The number of carbonyl (C=O) groups is 1. The van der Waals surface area contributed by atoms with E-state index in [9.17, 15) is 9.90 Å². The number of aliphatic hydroxyl groups excluding tert-OH is 1. The number of hydrogen-bond acceptors (Lipinski definition) is 3. The van der Waals surface area contributed by atoms with E-state index in [1.807, 2.05) is 30.3 Å². The highest BCUT2D eigenvalue weighted by Crippen LogP contribution is 2.00. The number of nitrogens with one attached hydrogen (secondary N) is 1. The van der Waals surface area contributed by atoms with E-state index in [-0.39, 0.29) is 0 Å². The van der Waals surface area contributed by atoms with E-state index in [1.54, 1.807) is 6.92 Å². The van der Waals surface area contributed by atoms with Crippen LogP contribution in [0.3, 0.4) is 0 Å². The summed E-state index contributed by atoms with van der Waals surface area (Å²) in [6.45, 7) is 2.19. The fourth-order valence-electron chi connectivity index (χ4n) is 1.20. The highest BCUT2D eigenvalue weighted by atomic mass is 16.4. The first-order valence-corrected chi connectivity index (χ1v) is 4.79. The minimum absolute atomic E-state index is 0.470. The number of carboxylic acid groups (broad SMARTS) is 1. The minimum Gasteiger partial charge on any atom is -0.479 e. The van der Waals surface area contributed by atoms with Crippen LogP contribution in [0.1, 0.15) is 12.5 Å². The summed E-state index contributed by atoms with van der Waals surface area (Å²) in [5, 5.41) is 20.7. The maximum absolute atomic E-state index is 10.5. The zero-order valence-corrected chi connectivity index (χ0v) is 8.55. The molecule has 1 aromatic carbocycles. The SMILES string of the molecule is CC(NCc1ccccc1)C(O)C(=O)O. The monoisotopic (exact) mass is 209 g/mol. The van der Waals surface area contributed by atoms with Gasteiger partial charge in [0.1, 0.15) is 0 Å². The second-order valence-corrected chi connectivity index (χ2v) is 3.44. The molecular formula is C11H15NO3. The molecule has 15 heavy (non-hydrogen) atoms. The number of aliphatic hydroxyl groups is 1. The molecule has 0 saturated carbocycles. The predicted octanol–water partition coefficient (Wildman–Crippen LogP) is 0.610. The third-order valence-electron chi connectivity index (χ3n) is 2.20. The molecule has 0 amide bonds. The Morgan fingerprint density at radius 3 is 2.53 bits per heavy atom. The molecule has 0 spiro atoms. The highest BCUT2D eigenvalue weighted by Gasteiger charge is 2.20. The first-order valence-electron chi connectivity index (χ1n) is 4.79. The van der Waals surface area contributed by atoms with Gasteiger partial charge in [0.05, 0.1) is 0 Å². The number of rotatable bonds is 5. The zero-order valence-electron chi connectivity index (χ0n) is 8.55. The van der Waals surface area contributed by atoms with E-state index in [1.165, 1.54) is 0 Å². The van der Waals surface area contributed by atoms with Crippen LogP contribution in [0.4, 0.5) is 0 Å². The Hall–Kier alpha value is -1.39. The molecular weight excluding hydrogens is 194 g/mol. The summed E-state index contributed by atoms with van der Waals surface area (Å²) in [6.07, 6.45) is -1.37. The van der Waals surface area contributed by atoms with E-state index >= 15 is 0 Å². The summed E-state index contributed by atoms with van der Waals surface area (Å²) in [4.78, 5) is 10.5. The first kappa shape index (κ1) is 11.7. The van der Waals surface area contributed by atoms with Crippen molar-refractivity contribution in [3.63, 3.8) is 0 Å². The van der Waals surface area contributed by atoms with Crippen LogP contribution in [0.5, 0.6) is 0 Å². The number of carboxylic acids is 1. The Balaban J connectivity index is 2.41. The molecule has 0 heterocycles. The summed E-state index contributed by atoms with van der Waals surface area (Å²) in [6, 6.07) is 9.14. The molecule has 0 aliphatic heterocycles. The van der Waals surface area contributed by atoms with Crippen molar-refractivity contribution in [1.82, 2.24) is 5.32 Å². The lowest BCUT2D eigenvalue weighted by atomic mass is 10.1. The van der Waals surface area contributed by atoms with Crippen LogP contribution in [0.2, 0.25) is 0 Å². The van der Waals surface area contributed by atoms with Crippen molar-refractivity contribution >= 4 is 5.97 Å². The van der Waals surface area contributed by atoms with Gasteiger partial charge in [-0.2, -0.15) is 0 Å². The van der Waals surface area contributed by atoms with Crippen LogP contribution < -0.4 is 5.32 Å². The van der Waals surface area contributed by atoms with Gasteiger partial charge >= 0.3 is 5.97 Å². The molecule has 3 N–H and O–H groups in total. The van der Waals surface area contributed by atoms with Gasteiger partial charge in [0.15, 0.2) is 6.10 Å². The normalized spacial score (nSPS) is 14.5. The maximum atomic E-state index is 10.5. The van der Waals surface area contributed by atoms with Crippen LogP contribution in [0, 0.1) is 0 Å². The van der Waals surface area contributed by atoms with Gasteiger partial charge in [0, 0.05) is 12.6 Å². The lowest BCUT2D eigenvalue weighted by Gasteiger charge is -2.16. The Morgan fingerprint density at radius 1 is 1.40 bits per heavy atom. The van der Waals surface area contributed by atoms with Gasteiger partial charge in [-0.1, -0.05) is 30.3 Å². The zero-order chi connectivity index (χ0) is 11.3. The fourth-order valence-corrected chi connectivity index (χ4v) is 1.20. The molecule has 0 radical (unpaired) electrons. The molecule has 0 fully saturated rings. The summed E-state index contributed by atoms with van der Waals surface area (Å²) >= 11 is 0. The summed E-state index contributed by atoms with van der Waals surface area (Å²) in [7, 11) is 0. The number of benzene rings is 1. The van der Waals surface area contributed by atoms with Crippen molar-refractivity contribution in [2.45, 2.75) is 25.6 Å². The first-order chi connectivity index (χ1) is 7.11. The molecule has 82 valence electrons. The van der Waals surface area contributed by atoms with Crippen molar-refractivity contribution in [2.75, 3.05) is 0 Å². The minimum atomic E-state index is -1.37. The van der Waals surface area contributed by atoms with E-state index in [0.717, 1.165) is 5.56 Å². The van der Waals surface area contributed by atoms with E-state index < -0.39 is 18.1 Å². The van der Waals surface area contributed by atoms with Crippen LogP contribution in [-0.4, -0.2) is 28.3 Å². The van der Waals surface area contributed by atoms with Gasteiger partial charge in [0.25, 0.3) is 0 Å². The molecule has 0 aromatic heterocycles. The second-order valence-electron chi connectivity index (χ2n) is 3.44. The van der Waals surface area contributed by atoms with Gasteiger partial charge in [-0.3, -0.25) is 0 Å². The van der Waals surface area contributed by atoms with Gasteiger partial charge in [0.2, 0.25) is 0 Å². The van der Waals surface area contributed by atoms with Crippen molar-refractivity contribution in [3.05, 3.63) is 35.9 Å². The molecule has 0 saturated heterocycles. The fraction of sp³-hybridized carbons (Fsp3) is 0.364. The van der Waals surface area contributed by atoms with Crippen molar-refractivity contribution in [3.8, 4) is 0 Å². The Morgan fingerprint density at radius 2 is 2.00 bits per heavy atom. The van der Waals surface area contributed by atoms with E-state index in [4.69, 9.17) is 5.11 Å². The predicted molar refractivity (Wildman–Crippen MR) is 56.4 cm³/mol. The average molecular weight is 209 g/mol. The standard InChI is InChI=1S/C11H15NO3/c1-8(10(13)11(14)15)12-7-9-5-3-2-4-6-9/h2-6,8,10,12-13H,7H2,1H3,(H,14,15). The molecule has 1 rings (SSSR count).